The highest BCUT2D eigenvalue weighted by molar-refractivity contribution is 5.33. The highest BCUT2D eigenvalue weighted by Gasteiger charge is 2.40. The minimum atomic E-state index is -0.0591. The highest BCUT2D eigenvalue weighted by atomic mass is 16.5. The van der Waals surface area contributed by atoms with Crippen molar-refractivity contribution < 1.29 is 4.74 Å². The quantitative estimate of drug-likeness (QED) is 0.941. The average Bonchev–Trinajstić information content (AvgIpc) is 2.56. The van der Waals surface area contributed by atoms with E-state index in [0.29, 0.717) is 0 Å². The standard InChI is InChI=1S/C18H22N2O/c1-14-7-8-15(13-20-14)17(19)18(9-11-21-12-10-18)16-5-3-2-4-6-16/h2-8,13,17H,9-12,19H2,1H3. The second kappa shape index (κ2) is 5.96. The van der Waals surface area contributed by atoms with Gasteiger partial charge in [-0.1, -0.05) is 36.4 Å². The zero-order valence-corrected chi connectivity index (χ0v) is 12.5. The van der Waals surface area contributed by atoms with E-state index < -0.39 is 0 Å². The van der Waals surface area contributed by atoms with Gasteiger partial charge in [-0.15, -0.1) is 0 Å². The molecule has 1 aliphatic heterocycles. The second-order valence-electron chi connectivity index (χ2n) is 5.85. The summed E-state index contributed by atoms with van der Waals surface area (Å²) in [6.45, 7) is 3.53. The molecule has 0 bridgehead atoms. The number of benzene rings is 1. The lowest BCUT2D eigenvalue weighted by Gasteiger charge is -2.42. The molecule has 0 radical (unpaired) electrons. The Morgan fingerprint density at radius 1 is 1.10 bits per heavy atom. The van der Waals surface area contributed by atoms with Crippen LogP contribution in [0.2, 0.25) is 0 Å². The summed E-state index contributed by atoms with van der Waals surface area (Å²) in [5.41, 5.74) is 10.1. The predicted molar refractivity (Wildman–Crippen MR) is 84.1 cm³/mol. The molecule has 1 atom stereocenters. The van der Waals surface area contributed by atoms with Gasteiger partial charge < -0.3 is 10.5 Å². The van der Waals surface area contributed by atoms with E-state index in [1.54, 1.807) is 0 Å². The molecule has 21 heavy (non-hydrogen) atoms. The first-order valence-electron chi connectivity index (χ1n) is 7.54. The number of hydrogen-bond donors (Lipinski definition) is 1. The van der Waals surface area contributed by atoms with Crippen molar-refractivity contribution in [1.82, 2.24) is 4.98 Å². The predicted octanol–water partition coefficient (Wildman–Crippen LogP) is 3.14. The van der Waals surface area contributed by atoms with Gasteiger partial charge in [0.15, 0.2) is 0 Å². The molecule has 0 spiro atoms. The Bertz CT molecular complexity index is 574. The normalized spacial score (nSPS) is 19.1. The molecule has 0 aliphatic carbocycles. The van der Waals surface area contributed by atoms with Crippen LogP contribution in [0.4, 0.5) is 0 Å². The topological polar surface area (TPSA) is 48.1 Å². The fourth-order valence-electron chi connectivity index (χ4n) is 3.27. The number of nitrogens with zero attached hydrogens (tertiary/aromatic N) is 1. The summed E-state index contributed by atoms with van der Waals surface area (Å²) in [5, 5.41) is 0. The molecule has 1 aromatic heterocycles. The van der Waals surface area contributed by atoms with Crippen LogP contribution in [0.5, 0.6) is 0 Å². The van der Waals surface area contributed by atoms with Crippen molar-refractivity contribution in [3.63, 3.8) is 0 Å². The maximum Gasteiger partial charge on any atom is 0.0475 e. The third-order valence-corrected chi connectivity index (χ3v) is 4.62. The molecule has 1 aliphatic rings. The summed E-state index contributed by atoms with van der Waals surface area (Å²) in [6.07, 6.45) is 3.82. The van der Waals surface area contributed by atoms with Gasteiger partial charge in [0.25, 0.3) is 0 Å². The Morgan fingerprint density at radius 2 is 1.81 bits per heavy atom. The molecule has 3 rings (SSSR count). The molecule has 1 aromatic carbocycles. The van der Waals surface area contributed by atoms with Crippen LogP contribution >= 0.6 is 0 Å². The number of rotatable bonds is 3. The first kappa shape index (κ1) is 14.2. The van der Waals surface area contributed by atoms with E-state index in [2.05, 4.69) is 41.4 Å². The van der Waals surface area contributed by atoms with Gasteiger partial charge in [-0.25, -0.2) is 0 Å². The minimum Gasteiger partial charge on any atom is -0.381 e. The molecule has 1 unspecified atom stereocenters. The smallest absolute Gasteiger partial charge is 0.0475 e. The van der Waals surface area contributed by atoms with Gasteiger partial charge in [0.05, 0.1) is 0 Å². The lowest BCUT2D eigenvalue weighted by atomic mass is 9.67. The van der Waals surface area contributed by atoms with Gasteiger partial charge in [0, 0.05) is 36.6 Å². The van der Waals surface area contributed by atoms with Gasteiger partial charge in [-0.2, -0.15) is 0 Å². The van der Waals surface area contributed by atoms with Crippen LogP contribution in [0.25, 0.3) is 0 Å². The van der Waals surface area contributed by atoms with Crippen LogP contribution in [-0.2, 0) is 10.2 Å². The van der Waals surface area contributed by atoms with Crippen molar-refractivity contribution in [3.05, 3.63) is 65.5 Å². The largest absolute Gasteiger partial charge is 0.381 e. The molecular formula is C18H22N2O. The van der Waals surface area contributed by atoms with Crippen LogP contribution in [0, 0.1) is 6.92 Å². The van der Waals surface area contributed by atoms with E-state index in [9.17, 15) is 0 Å². The molecule has 2 heterocycles. The fraction of sp³-hybridized carbons (Fsp3) is 0.389. The Kier molecular flexibility index (Phi) is 4.04. The van der Waals surface area contributed by atoms with Crippen molar-refractivity contribution >= 4 is 0 Å². The molecule has 2 aromatic rings. The van der Waals surface area contributed by atoms with E-state index in [1.165, 1.54) is 5.56 Å². The summed E-state index contributed by atoms with van der Waals surface area (Å²) < 4.78 is 5.58. The van der Waals surface area contributed by atoms with Gasteiger partial charge in [0.1, 0.15) is 0 Å². The first-order valence-corrected chi connectivity index (χ1v) is 7.54. The second-order valence-corrected chi connectivity index (χ2v) is 5.85. The summed E-state index contributed by atoms with van der Waals surface area (Å²) in [5.74, 6) is 0. The number of aromatic nitrogens is 1. The van der Waals surface area contributed by atoms with E-state index in [-0.39, 0.29) is 11.5 Å². The number of ether oxygens (including phenoxy) is 1. The van der Waals surface area contributed by atoms with E-state index in [1.807, 2.05) is 19.2 Å². The zero-order valence-electron chi connectivity index (χ0n) is 12.5. The van der Waals surface area contributed by atoms with Crippen molar-refractivity contribution in [2.75, 3.05) is 13.2 Å². The van der Waals surface area contributed by atoms with E-state index in [0.717, 1.165) is 37.3 Å². The van der Waals surface area contributed by atoms with Crippen molar-refractivity contribution in [3.8, 4) is 0 Å². The number of nitrogens with two attached hydrogens (primary N) is 1. The molecule has 0 amide bonds. The molecule has 3 heteroatoms. The van der Waals surface area contributed by atoms with Crippen molar-refractivity contribution in [2.24, 2.45) is 5.73 Å². The van der Waals surface area contributed by atoms with E-state index >= 15 is 0 Å². The van der Waals surface area contributed by atoms with Crippen LogP contribution in [0.15, 0.2) is 48.7 Å². The third-order valence-electron chi connectivity index (χ3n) is 4.62. The Hall–Kier alpha value is -1.71. The van der Waals surface area contributed by atoms with Crippen LogP contribution < -0.4 is 5.73 Å². The van der Waals surface area contributed by atoms with Gasteiger partial charge >= 0.3 is 0 Å². The number of pyridine rings is 1. The van der Waals surface area contributed by atoms with E-state index in [4.69, 9.17) is 10.5 Å². The SMILES string of the molecule is Cc1ccc(C(N)C2(c3ccccc3)CCOCC2)cn1. The first-order chi connectivity index (χ1) is 10.2. The molecule has 1 fully saturated rings. The average molecular weight is 282 g/mol. The Balaban J connectivity index is 2.01. The molecule has 0 saturated carbocycles. The summed E-state index contributed by atoms with van der Waals surface area (Å²) >= 11 is 0. The van der Waals surface area contributed by atoms with Gasteiger partial charge in [0.2, 0.25) is 0 Å². The summed E-state index contributed by atoms with van der Waals surface area (Å²) in [4.78, 5) is 4.41. The van der Waals surface area contributed by atoms with Gasteiger partial charge in [-0.3, -0.25) is 4.98 Å². The lowest BCUT2D eigenvalue weighted by molar-refractivity contribution is 0.0397. The molecule has 1 saturated heterocycles. The molecule has 2 N–H and O–H groups in total. The summed E-state index contributed by atoms with van der Waals surface area (Å²) in [7, 11) is 0. The summed E-state index contributed by atoms with van der Waals surface area (Å²) in [6, 6.07) is 14.7. The third kappa shape index (κ3) is 2.71. The highest BCUT2D eigenvalue weighted by Crippen LogP contribution is 2.43. The van der Waals surface area contributed by atoms with Gasteiger partial charge in [-0.05, 0) is 37.0 Å². The maximum absolute atomic E-state index is 6.69. The molecule has 3 nitrogen and oxygen atoms in total. The number of hydrogen-bond acceptors (Lipinski definition) is 3. The fourth-order valence-corrected chi connectivity index (χ4v) is 3.27. The van der Waals surface area contributed by atoms with Crippen molar-refractivity contribution in [2.45, 2.75) is 31.2 Å². The molecule has 110 valence electrons. The van der Waals surface area contributed by atoms with Crippen LogP contribution in [0.1, 0.15) is 35.7 Å². The monoisotopic (exact) mass is 282 g/mol. The number of aryl methyl sites for hydroxylation is 1. The van der Waals surface area contributed by atoms with Crippen LogP contribution in [0.3, 0.4) is 0 Å². The zero-order chi connectivity index (χ0) is 14.7. The van der Waals surface area contributed by atoms with Crippen molar-refractivity contribution in [1.29, 1.82) is 0 Å². The van der Waals surface area contributed by atoms with Crippen LogP contribution in [-0.4, -0.2) is 18.2 Å². The lowest BCUT2D eigenvalue weighted by Crippen LogP contribution is -2.43. The Morgan fingerprint density at radius 3 is 2.43 bits per heavy atom. The minimum absolute atomic E-state index is 0.0584. The maximum atomic E-state index is 6.69. The Labute approximate surface area is 126 Å². The molecular weight excluding hydrogens is 260 g/mol.